The number of carbonyl (C=O) groups is 1. The predicted octanol–water partition coefficient (Wildman–Crippen LogP) is 5.96. The zero-order chi connectivity index (χ0) is 20.1. The summed E-state index contributed by atoms with van der Waals surface area (Å²) in [7, 11) is 0. The van der Waals surface area contributed by atoms with E-state index in [0.717, 1.165) is 42.3 Å². The number of ether oxygens (including phenoxy) is 1. The highest BCUT2D eigenvalue weighted by atomic mass is 79.9. The molecule has 0 N–H and O–H groups in total. The molecule has 0 radical (unpaired) electrons. The number of benzene rings is 1. The average molecular weight is 445 g/mol. The van der Waals surface area contributed by atoms with Crippen molar-refractivity contribution in [2.45, 2.75) is 64.5 Å². The van der Waals surface area contributed by atoms with E-state index in [1.807, 2.05) is 13.0 Å². The van der Waals surface area contributed by atoms with E-state index < -0.39 is 0 Å². The first kappa shape index (κ1) is 19.7. The minimum Gasteiger partial charge on any atom is -0.442 e. The topological polar surface area (TPSA) is 41.9 Å². The van der Waals surface area contributed by atoms with Crippen molar-refractivity contribution in [3.05, 3.63) is 47.0 Å². The van der Waals surface area contributed by atoms with E-state index in [9.17, 15) is 4.79 Å². The molecule has 0 unspecified atom stereocenters. The van der Waals surface area contributed by atoms with E-state index >= 15 is 0 Å². The van der Waals surface area contributed by atoms with E-state index in [0.29, 0.717) is 5.92 Å². The molecule has 28 heavy (non-hydrogen) atoms. The van der Waals surface area contributed by atoms with E-state index in [-0.39, 0.29) is 29.1 Å². The SMILES string of the molecule is C=CC[C@@H](Cc1ccc(Br)cc1)/C(C)=N/N1C(=O)O[C@@H]2C[C@H]3CC[C@@]21C3(C)C. The van der Waals surface area contributed by atoms with Gasteiger partial charge in [-0.05, 0) is 68.1 Å². The lowest BCUT2D eigenvalue weighted by molar-refractivity contribution is 0.0567. The number of amides is 1. The first-order valence-electron chi connectivity index (χ1n) is 10.2. The third-order valence-corrected chi connectivity index (χ3v) is 8.06. The summed E-state index contributed by atoms with van der Waals surface area (Å²) in [5.41, 5.74) is 1.98. The average Bonchev–Trinajstić information content (AvgIpc) is 3.16. The smallest absolute Gasteiger partial charge is 0.431 e. The summed E-state index contributed by atoms with van der Waals surface area (Å²) < 4.78 is 6.86. The Morgan fingerprint density at radius 3 is 2.79 bits per heavy atom. The van der Waals surface area contributed by atoms with Crippen LogP contribution in [0.4, 0.5) is 4.79 Å². The van der Waals surface area contributed by atoms with Gasteiger partial charge in [0.1, 0.15) is 11.6 Å². The molecule has 2 saturated carbocycles. The summed E-state index contributed by atoms with van der Waals surface area (Å²) >= 11 is 3.49. The first-order chi connectivity index (χ1) is 13.3. The monoisotopic (exact) mass is 444 g/mol. The molecule has 3 aliphatic rings. The Kier molecular flexibility index (Phi) is 4.93. The van der Waals surface area contributed by atoms with Crippen molar-refractivity contribution >= 4 is 27.7 Å². The molecule has 1 aromatic rings. The van der Waals surface area contributed by atoms with Gasteiger partial charge in [-0.3, -0.25) is 0 Å². The van der Waals surface area contributed by atoms with Gasteiger partial charge in [-0.2, -0.15) is 10.1 Å². The summed E-state index contributed by atoms with van der Waals surface area (Å²) in [4.78, 5) is 12.7. The Bertz CT molecular complexity index is 816. The second kappa shape index (κ2) is 7.01. The number of halogens is 1. The normalized spacial score (nSPS) is 31.6. The number of rotatable bonds is 6. The molecular formula is C23H29BrN2O2. The van der Waals surface area contributed by atoms with Crippen molar-refractivity contribution in [2.75, 3.05) is 0 Å². The van der Waals surface area contributed by atoms with E-state index in [2.05, 4.69) is 60.6 Å². The molecule has 1 spiro atoms. The number of fused-ring (bicyclic) bond motifs is 1. The second-order valence-corrected chi connectivity index (χ2v) is 10.0. The molecule has 1 amide bonds. The van der Waals surface area contributed by atoms with Crippen LogP contribution in [0.15, 0.2) is 46.5 Å². The van der Waals surface area contributed by atoms with Gasteiger partial charge in [0.15, 0.2) is 0 Å². The summed E-state index contributed by atoms with van der Waals surface area (Å²) in [5, 5.41) is 6.64. The van der Waals surface area contributed by atoms with Crippen molar-refractivity contribution in [3.8, 4) is 0 Å². The Morgan fingerprint density at radius 2 is 2.14 bits per heavy atom. The van der Waals surface area contributed by atoms with E-state index in [4.69, 9.17) is 9.84 Å². The Morgan fingerprint density at radius 1 is 1.43 bits per heavy atom. The summed E-state index contributed by atoms with van der Waals surface area (Å²) in [5.74, 6) is 0.819. The third kappa shape index (κ3) is 2.85. The van der Waals surface area contributed by atoms with Crippen LogP contribution in [0.3, 0.4) is 0 Å². The highest BCUT2D eigenvalue weighted by molar-refractivity contribution is 9.10. The summed E-state index contributed by atoms with van der Waals surface area (Å²) in [6.07, 6.45) is 6.46. The molecule has 4 rings (SSSR count). The van der Waals surface area contributed by atoms with Crippen LogP contribution < -0.4 is 0 Å². The first-order valence-corrected chi connectivity index (χ1v) is 11.0. The fourth-order valence-corrected chi connectivity index (χ4v) is 6.01. The molecule has 3 fully saturated rings. The van der Waals surface area contributed by atoms with Crippen LogP contribution in [-0.2, 0) is 11.2 Å². The van der Waals surface area contributed by atoms with Crippen molar-refractivity contribution in [1.82, 2.24) is 5.01 Å². The van der Waals surface area contributed by atoms with E-state index in [1.54, 1.807) is 5.01 Å². The maximum atomic E-state index is 12.7. The molecule has 1 saturated heterocycles. The van der Waals surface area contributed by atoms with Crippen LogP contribution >= 0.6 is 15.9 Å². The number of hydrazone groups is 1. The van der Waals surface area contributed by atoms with E-state index in [1.165, 1.54) is 5.56 Å². The van der Waals surface area contributed by atoms with Gasteiger partial charge in [0.2, 0.25) is 0 Å². The largest absolute Gasteiger partial charge is 0.442 e. The standard InChI is InChI=1S/C23H29BrN2O2/c1-5-6-17(13-16-7-9-19(24)10-8-16)15(2)25-26-21(27)28-20-14-18-11-12-23(20,26)22(18,3)4/h5,7-10,17-18,20H,1,6,11-14H2,2-4H3/b25-15+/t17-,18+,20+,23-/m0/s1. The Balaban J connectivity index is 1.63. The fraction of sp³-hybridized carbons (Fsp3) is 0.565. The molecule has 1 aromatic carbocycles. The summed E-state index contributed by atoms with van der Waals surface area (Å²) in [6.45, 7) is 10.5. The minimum absolute atomic E-state index is 0.0189. The van der Waals surface area contributed by atoms with Gasteiger partial charge in [0.25, 0.3) is 0 Å². The van der Waals surface area contributed by atoms with Gasteiger partial charge in [0, 0.05) is 16.1 Å². The van der Waals surface area contributed by atoms with Gasteiger partial charge in [0.05, 0.1) is 0 Å². The zero-order valence-electron chi connectivity index (χ0n) is 17.0. The second-order valence-electron chi connectivity index (χ2n) is 9.09. The van der Waals surface area contributed by atoms with Crippen LogP contribution in [0.25, 0.3) is 0 Å². The number of hydrogen-bond acceptors (Lipinski definition) is 3. The zero-order valence-corrected chi connectivity index (χ0v) is 18.5. The van der Waals surface area contributed by atoms with Gasteiger partial charge in [-0.25, -0.2) is 4.79 Å². The highest BCUT2D eigenvalue weighted by Crippen LogP contribution is 2.65. The van der Waals surface area contributed by atoms with Crippen molar-refractivity contribution in [1.29, 1.82) is 0 Å². The van der Waals surface area contributed by atoms with Crippen LogP contribution in [0.5, 0.6) is 0 Å². The van der Waals surface area contributed by atoms with Crippen molar-refractivity contribution in [2.24, 2.45) is 22.4 Å². The molecule has 1 heterocycles. The van der Waals surface area contributed by atoms with Crippen LogP contribution in [0, 0.1) is 17.3 Å². The quantitative estimate of drug-likeness (QED) is 0.401. The van der Waals surface area contributed by atoms with Gasteiger partial charge < -0.3 is 4.74 Å². The molecule has 2 aliphatic carbocycles. The van der Waals surface area contributed by atoms with Gasteiger partial charge in [-0.15, -0.1) is 6.58 Å². The molecule has 0 aromatic heterocycles. The van der Waals surface area contributed by atoms with Crippen molar-refractivity contribution < 1.29 is 9.53 Å². The highest BCUT2D eigenvalue weighted by Gasteiger charge is 2.73. The van der Waals surface area contributed by atoms with Crippen LogP contribution in [-0.4, -0.2) is 28.5 Å². The van der Waals surface area contributed by atoms with Gasteiger partial charge in [-0.1, -0.05) is 48.0 Å². The molecule has 2 bridgehead atoms. The molecule has 150 valence electrons. The number of allylic oxidation sites excluding steroid dienone is 1. The number of carbonyl (C=O) groups excluding carboxylic acids is 1. The summed E-state index contributed by atoms with van der Waals surface area (Å²) in [6, 6.07) is 8.39. The van der Waals surface area contributed by atoms with Crippen LogP contribution in [0.2, 0.25) is 0 Å². The Hall–Kier alpha value is -1.62. The maximum absolute atomic E-state index is 12.7. The Labute approximate surface area is 176 Å². The maximum Gasteiger partial charge on any atom is 0.431 e. The van der Waals surface area contributed by atoms with Gasteiger partial charge >= 0.3 is 6.09 Å². The number of hydrogen-bond donors (Lipinski definition) is 0. The molecule has 4 atom stereocenters. The number of nitrogens with zero attached hydrogens (tertiary/aromatic N) is 2. The van der Waals surface area contributed by atoms with Crippen LogP contribution in [0.1, 0.15) is 52.0 Å². The molecule has 1 aliphatic heterocycles. The third-order valence-electron chi connectivity index (χ3n) is 7.53. The predicted molar refractivity (Wildman–Crippen MR) is 115 cm³/mol. The minimum atomic E-state index is -0.285. The lowest BCUT2D eigenvalue weighted by Crippen LogP contribution is -2.53. The lowest BCUT2D eigenvalue weighted by atomic mass is 9.75. The molecule has 5 heteroatoms. The van der Waals surface area contributed by atoms with Crippen molar-refractivity contribution in [3.63, 3.8) is 0 Å². The molecule has 4 nitrogen and oxygen atoms in total. The molecular weight excluding hydrogens is 416 g/mol. The lowest BCUT2D eigenvalue weighted by Gasteiger charge is -2.40. The fourth-order valence-electron chi connectivity index (χ4n) is 5.75.